The van der Waals surface area contributed by atoms with Crippen molar-refractivity contribution in [1.82, 2.24) is 29.7 Å². The van der Waals surface area contributed by atoms with Gasteiger partial charge in [0.1, 0.15) is 22.1 Å². The van der Waals surface area contributed by atoms with Crippen molar-refractivity contribution < 1.29 is 19.8 Å². The maximum Gasteiger partial charge on any atom is 0.321 e. The number of hydrogen-bond acceptors (Lipinski definition) is 8. The van der Waals surface area contributed by atoms with Crippen molar-refractivity contribution in [3.63, 3.8) is 0 Å². The molecule has 0 bridgehead atoms. The summed E-state index contributed by atoms with van der Waals surface area (Å²) in [6.45, 7) is 0. The number of aromatic amines is 2. The average Bonchev–Trinajstić information content (AvgIpc) is 3.23. The van der Waals surface area contributed by atoms with E-state index in [1.54, 1.807) is 38.0 Å². The Bertz CT molecular complexity index is 740. The molecule has 12 heteroatoms. The van der Waals surface area contributed by atoms with Gasteiger partial charge in [-0.1, -0.05) is 0 Å². The molecule has 0 aliphatic heterocycles. The lowest BCUT2D eigenvalue weighted by Crippen LogP contribution is -2.37. The van der Waals surface area contributed by atoms with Crippen molar-refractivity contribution in [1.29, 1.82) is 0 Å². The zero-order valence-electron chi connectivity index (χ0n) is 16.0. The molecule has 0 aliphatic carbocycles. The van der Waals surface area contributed by atoms with Crippen LogP contribution < -0.4 is 0 Å². The lowest BCUT2D eigenvalue weighted by Gasteiger charge is -2.19. The quantitative estimate of drug-likeness (QED) is 0.384. The molecule has 0 amide bonds. The Morgan fingerprint density at radius 1 is 0.893 bits per heavy atom. The molecule has 4 N–H and O–H groups in total. The minimum absolute atomic E-state index is 0.292. The van der Waals surface area contributed by atoms with Crippen LogP contribution in [0.4, 0.5) is 0 Å². The van der Waals surface area contributed by atoms with E-state index in [0.29, 0.717) is 22.9 Å². The van der Waals surface area contributed by atoms with Gasteiger partial charge < -0.3 is 20.2 Å². The highest BCUT2D eigenvalue weighted by Crippen LogP contribution is 2.38. The number of hydrogen-bond donors (Lipinski definition) is 4. The first-order valence-electron chi connectivity index (χ1n) is 8.38. The Balaban J connectivity index is 2.07. The van der Waals surface area contributed by atoms with E-state index in [4.69, 9.17) is 0 Å². The van der Waals surface area contributed by atoms with Crippen molar-refractivity contribution in [3.05, 3.63) is 24.0 Å². The van der Waals surface area contributed by atoms with E-state index in [1.807, 2.05) is 0 Å². The fourth-order valence-corrected chi connectivity index (χ4v) is 4.67. The number of H-pyrrole nitrogens is 2. The molecule has 0 saturated heterocycles. The molecule has 10 nitrogen and oxygen atoms in total. The molecule has 0 fully saturated rings. The molecule has 0 spiro atoms. The van der Waals surface area contributed by atoms with Crippen LogP contribution in [-0.4, -0.2) is 92.2 Å². The van der Waals surface area contributed by atoms with Crippen LogP contribution in [0.2, 0.25) is 0 Å². The molecule has 2 rings (SSSR count). The summed E-state index contributed by atoms with van der Waals surface area (Å²) in [6.07, 6.45) is 3.65. The number of carbonyl (C=O) groups is 2. The van der Waals surface area contributed by atoms with Crippen molar-refractivity contribution in [2.24, 2.45) is 0 Å². The van der Waals surface area contributed by atoms with Gasteiger partial charge >= 0.3 is 11.9 Å². The van der Waals surface area contributed by atoms with Gasteiger partial charge in [-0.15, -0.1) is 0 Å². The minimum Gasteiger partial charge on any atom is -0.480 e. The number of rotatable bonds is 11. The second-order valence-corrected chi connectivity index (χ2v) is 8.69. The van der Waals surface area contributed by atoms with Crippen LogP contribution in [-0.2, 0) is 22.4 Å². The Morgan fingerprint density at radius 3 is 1.54 bits per heavy atom. The van der Waals surface area contributed by atoms with Crippen LogP contribution in [0.1, 0.15) is 11.4 Å². The number of imidazole rings is 2. The standard InChI is InChI=1S/C16H24N6O4S2/c1-21(2)11(15(23)24)5-9-13(19-7-17-9)27-28-14-10(18-8-20-14)6-12(16(25)26)22(3)4/h7-8,11-12H,5-6H2,1-4H3,(H,17,19)(H,18,20)(H,23,24)(H,25,26). The molecular formula is C16H24N6O4S2. The van der Waals surface area contributed by atoms with Crippen molar-refractivity contribution >= 4 is 33.5 Å². The van der Waals surface area contributed by atoms with Gasteiger partial charge in [-0.3, -0.25) is 19.4 Å². The van der Waals surface area contributed by atoms with Gasteiger partial charge in [0, 0.05) is 12.8 Å². The van der Waals surface area contributed by atoms with E-state index in [-0.39, 0.29) is 0 Å². The highest BCUT2D eigenvalue weighted by Gasteiger charge is 2.25. The smallest absolute Gasteiger partial charge is 0.321 e. The third kappa shape index (κ3) is 5.74. The van der Waals surface area contributed by atoms with Crippen LogP contribution in [0.25, 0.3) is 0 Å². The molecule has 2 atom stereocenters. The second-order valence-electron chi connectivity index (χ2n) is 6.58. The maximum absolute atomic E-state index is 11.4. The number of nitrogens with zero attached hydrogens (tertiary/aromatic N) is 4. The van der Waals surface area contributed by atoms with Crippen LogP contribution in [0.5, 0.6) is 0 Å². The van der Waals surface area contributed by atoms with Crippen LogP contribution in [0.15, 0.2) is 22.7 Å². The Labute approximate surface area is 170 Å². The molecule has 0 radical (unpaired) electrons. The zero-order valence-corrected chi connectivity index (χ0v) is 17.7. The largest absolute Gasteiger partial charge is 0.480 e. The van der Waals surface area contributed by atoms with Gasteiger partial charge in [0.05, 0.1) is 24.0 Å². The van der Waals surface area contributed by atoms with E-state index < -0.39 is 24.0 Å². The van der Waals surface area contributed by atoms with E-state index in [0.717, 1.165) is 11.4 Å². The van der Waals surface area contributed by atoms with Gasteiger partial charge in [-0.2, -0.15) is 0 Å². The first kappa shape index (κ1) is 22.3. The lowest BCUT2D eigenvalue weighted by molar-refractivity contribution is -0.143. The van der Waals surface area contributed by atoms with Crippen molar-refractivity contribution in [3.8, 4) is 0 Å². The van der Waals surface area contributed by atoms with Gasteiger partial charge in [0.2, 0.25) is 0 Å². The summed E-state index contributed by atoms with van der Waals surface area (Å²) in [5.41, 5.74) is 1.46. The molecular weight excluding hydrogens is 404 g/mol. The van der Waals surface area contributed by atoms with E-state index >= 15 is 0 Å². The number of nitrogens with one attached hydrogen (secondary N) is 2. The second kappa shape index (κ2) is 9.96. The van der Waals surface area contributed by atoms with E-state index in [2.05, 4.69) is 19.9 Å². The molecule has 2 unspecified atom stereocenters. The van der Waals surface area contributed by atoms with Gasteiger partial charge in [0.25, 0.3) is 0 Å². The molecule has 2 aromatic rings. The monoisotopic (exact) mass is 428 g/mol. The third-order valence-electron chi connectivity index (χ3n) is 4.17. The van der Waals surface area contributed by atoms with Gasteiger partial charge in [-0.05, 0) is 49.8 Å². The van der Waals surface area contributed by atoms with E-state index in [9.17, 15) is 19.8 Å². The summed E-state index contributed by atoms with van der Waals surface area (Å²) in [4.78, 5) is 40.7. The molecule has 2 aromatic heterocycles. The number of carboxylic acid groups (broad SMARTS) is 2. The fourth-order valence-electron chi connectivity index (χ4n) is 2.50. The lowest BCUT2D eigenvalue weighted by atomic mass is 10.1. The summed E-state index contributed by atoms with van der Waals surface area (Å²) in [5, 5.41) is 20.1. The summed E-state index contributed by atoms with van der Waals surface area (Å²) in [6, 6.07) is -1.33. The highest BCUT2D eigenvalue weighted by atomic mass is 33.1. The number of likely N-dealkylation sites (N-methyl/N-ethyl adjacent to an activating group) is 2. The Hall–Kier alpha value is -2.02. The van der Waals surface area contributed by atoms with E-state index in [1.165, 1.54) is 34.2 Å². The van der Waals surface area contributed by atoms with Crippen LogP contribution in [0.3, 0.4) is 0 Å². The molecule has 0 aliphatic rings. The summed E-state index contributed by atoms with van der Waals surface area (Å²) >= 11 is 0. The fraction of sp³-hybridized carbons (Fsp3) is 0.500. The average molecular weight is 429 g/mol. The third-order valence-corrected chi connectivity index (χ3v) is 6.47. The van der Waals surface area contributed by atoms with Crippen LogP contribution >= 0.6 is 21.6 Å². The number of aromatic nitrogens is 4. The van der Waals surface area contributed by atoms with Crippen LogP contribution in [0, 0.1) is 0 Å². The number of aliphatic carboxylic acids is 2. The molecule has 0 aromatic carbocycles. The molecule has 2 heterocycles. The Morgan fingerprint density at radius 2 is 1.25 bits per heavy atom. The van der Waals surface area contributed by atoms with Gasteiger partial charge in [-0.25, -0.2) is 9.97 Å². The van der Waals surface area contributed by atoms with Crippen molar-refractivity contribution in [2.45, 2.75) is 35.0 Å². The SMILES string of the molecule is CN(C)C(Cc1[nH]cnc1SSc1nc[nH]c1CC(C(=O)O)N(C)C)C(=O)O. The summed E-state index contributed by atoms with van der Waals surface area (Å²) in [5.74, 6) is -1.80. The summed E-state index contributed by atoms with van der Waals surface area (Å²) in [7, 11) is 9.58. The predicted molar refractivity (Wildman–Crippen MR) is 107 cm³/mol. The van der Waals surface area contributed by atoms with Gasteiger partial charge in [0.15, 0.2) is 0 Å². The normalized spacial score (nSPS) is 13.8. The summed E-state index contributed by atoms with van der Waals surface area (Å²) < 4.78 is 0. The highest BCUT2D eigenvalue weighted by molar-refractivity contribution is 8.76. The Kier molecular flexibility index (Phi) is 7.92. The minimum atomic E-state index is -0.902. The first-order chi connectivity index (χ1) is 13.2. The topological polar surface area (TPSA) is 138 Å². The predicted octanol–water partition coefficient (Wildman–Crippen LogP) is 1.05. The first-order valence-corrected chi connectivity index (χ1v) is 10.5. The molecule has 154 valence electrons. The number of carboxylic acids is 2. The maximum atomic E-state index is 11.4. The molecule has 0 saturated carbocycles. The zero-order chi connectivity index (χ0) is 20.8. The van der Waals surface area contributed by atoms with Crippen molar-refractivity contribution in [2.75, 3.05) is 28.2 Å². The molecule has 28 heavy (non-hydrogen) atoms.